The van der Waals surface area contributed by atoms with Crippen molar-refractivity contribution < 1.29 is 14.0 Å². The number of hydrogen-bond donors (Lipinski definition) is 1. The molecule has 1 N–H and O–H groups in total. The molecular weight excluding hydrogens is 287 g/mol. The van der Waals surface area contributed by atoms with Gasteiger partial charge in [-0.3, -0.25) is 4.90 Å². The van der Waals surface area contributed by atoms with E-state index in [0.717, 1.165) is 5.56 Å². The highest BCUT2D eigenvalue weighted by atomic mass is 19.1. The van der Waals surface area contributed by atoms with Crippen molar-refractivity contribution in [1.29, 1.82) is 0 Å². The molecule has 3 rings (SSSR count). The number of likely N-dealkylation sites (tertiary alicyclic amines) is 1. The number of β-amino-alcohol motifs (C(OH)–C–C–N with tert-alkyl or cyclic N) is 1. The van der Waals surface area contributed by atoms with Gasteiger partial charge in [-0.15, -0.1) is 0 Å². The predicted molar refractivity (Wildman–Crippen MR) is 78.8 cm³/mol. The number of rotatable bonds is 4. The normalized spacial score (nSPS) is 22.2. The first-order valence-corrected chi connectivity index (χ1v) is 7.20. The van der Waals surface area contributed by atoms with Crippen LogP contribution in [0.15, 0.2) is 28.8 Å². The number of anilines is 1. The molecule has 118 valence electrons. The molecule has 1 aliphatic rings. The number of halogens is 1. The number of aliphatic hydroxyl groups excluding tert-OH is 1. The molecule has 1 aromatic heterocycles. The van der Waals surface area contributed by atoms with E-state index in [-0.39, 0.29) is 11.9 Å². The molecule has 2 atom stereocenters. The third-order valence-electron chi connectivity index (χ3n) is 3.81. The largest absolute Gasteiger partial charge is 0.392 e. The molecule has 2 heterocycles. The van der Waals surface area contributed by atoms with Crippen molar-refractivity contribution in [2.75, 3.05) is 25.5 Å². The minimum Gasteiger partial charge on any atom is -0.392 e. The summed E-state index contributed by atoms with van der Waals surface area (Å²) in [4.78, 5) is 8.09. The molecule has 6 nitrogen and oxygen atoms in total. The molecule has 1 aliphatic heterocycles. The zero-order valence-corrected chi connectivity index (χ0v) is 12.6. The number of hydrogen-bond acceptors (Lipinski definition) is 6. The van der Waals surface area contributed by atoms with E-state index >= 15 is 0 Å². The van der Waals surface area contributed by atoms with Crippen molar-refractivity contribution in [2.24, 2.45) is 0 Å². The molecular formula is C15H19FN4O2. The Bertz CT molecular complexity index is 646. The fraction of sp³-hybridized carbons (Fsp3) is 0.467. The highest BCUT2D eigenvalue weighted by Crippen LogP contribution is 2.33. The molecule has 0 amide bonds. The lowest BCUT2D eigenvalue weighted by atomic mass is 10.0. The quantitative estimate of drug-likeness (QED) is 0.925. The van der Waals surface area contributed by atoms with E-state index in [1.165, 1.54) is 12.1 Å². The van der Waals surface area contributed by atoms with Crippen LogP contribution >= 0.6 is 0 Å². The van der Waals surface area contributed by atoms with Crippen LogP contribution in [0.3, 0.4) is 0 Å². The summed E-state index contributed by atoms with van der Waals surface area (Å²) in [7, 11) is 3.67. The van der Waals surface area contributed by atoms with Crippen molar-refractivity contribution in [1.82, 2.24) is 15.0 Å². The van der Waals surface area contributed by atoms with Gasteiger partial charge in [0.2, 0.25) is 5.89 Å². The highest BCUT2D eigenvalue weighted by molar-refractivity contribution is 5.24. The molecule has 0 bridgehead atoms. The number of aromatic nitrogens is 2. The second kappa shape index (κ2) is 6.02. The Kier molecular flexibility index (Phi) is 4.08. The molecule has 0 radical (unpaired) electrons. The van der Waals surface area contributed by atoms with Gasteiger partial charge in [-0.1, -0.05) is 12.1 Å². The van der Waals surface area contributed by atoms with E-state index < -0.39 is 6.10 Å². The van der Waals surface area contributed by atoms with E-state index in [0.29, 0.717) is 31.3 Å². The maximum atomic E-state index is 13.4. The summed E-state index contributed by atoms with van der Waals surface area (Å²) < 4.78 is 18.7. The maximum Gasteiger partial charge on any atom is 0.265 e. The third-order valence-corrected chi connectivity index (χ3v) is 3.81. The van der Waals surface area contributed by atoms with E-state index in [2.05, 4.69) is 10.1 Å². The Morgan fingerprint density at radius 2 is 2.27 bits per heavy atom. The summed E-state index contributed by atoms with van der Waals surface area (Å²) in [5, 5.41) is 13.8. The molecule has 1 fully saturated rings. The van der Waals surface area contributed by atoms with E-state index in [4.69, 9.17) is 4.52 Å². The second-order valence-electron chi connectivity index (χ2n) is 5.77. The van der Waals surface area contributed by atoms with Crippen LogP contribution in [0.25, 0.3) is 0 Å². The molecule has 22 heavy (non-hydrogen) atoms. The number of nitrogens with zero attached hydrogens (tertiary/aromatic N) is 4. The SMILES string of the molecule is CN(C)c1noc(CN2C[C@@H](O)C[C@@H]2c2cccc(F)c2)n1. The van der Waals surface area contributed by atoms with Gasteiger partial charge in [-0.05, 0) is 29.3 Å². The van der Waals surface area contributed by atoms with Crippen molar-refractivity contribution in [2.45, 2.75) is 25.1 Å². The van der Waals surface area contributed by atoms with Crippen LogP contribution in [0.5, 0.6) is 0 Å². The van der Waals surface area contributed by atoms with Crippen LogP contribution in [0, 0.1) is 5.82 Å². The van der Waals surface area contributed by atoms with E-state index in [1.54, 1.807) is 11.0 Å². The van der Waals surface area contributed by atoms with Gasteiger partial charge in [0, 0.05) is 26.7 Å². The van der Waals surface area contributed by atoms with E-state index in [1.807, 2.05) is 25.1 Å². The van der Waals surface area contributed by atoms with Crippen molar-refractivity contribution in [3.8, 4) is 0 Å². The Balaban J connectivity index is 1.78. The molecule has 1 aromatic carbocycles. The maximum absolute atomic E-state index is 13.4. The van der Waals surface area contributed by atoms with Crippen molar-refractivity contribution in [3.05, 3.63) is 41.5 Å². The van der Waals surface area contributed by atoms with Gasteiger partial charge in [0.1, 0.15) is 5.82 Å². The fourth-order valence-electron chi connectivity index (χ4n) is 2.78. The first kappa shape index (κ1) is 14.9. The molecule has 0 unspecified atom stereocenters. The average Bonchev–Trinajstić information content (AvgIpc) is 3.06. The zero-order valence-electron chi connectivity index (χ0n) is 12.6. The van der Waals surface area contributed by atoms with Crippen LogP contribution in [0.2, 0.25) is 0 Å². The number of aliphatic hydroxyl groups is 1. The minimum atomic E-state index is -0.440. The van der Waals surface area contributed by atoms with Gasteiger partial charge in [-0.2, -0.15) is 4.98 Å². The Labute approximate surface area is 128 Å². The van der Waals surface area contributed by atoms with Crippen molar-refractivity contribution in [3.63, 3.8) is 0 Å². The van der Waals surface area contributed by atoms with Crippen LogP contribution in [0.1, 0.15) is 23.9 Å². The topological polar surface area (TPSA) is 65.6 Å². The first-order valence-electron chi connectivity index (χ1n) is 7.20. The average molecular weight is 306 g/mol. The highest BCUT2D eigenvalue weighted by Gasteiger charge is 2.33. The standard InChI is InChI=1S/C15H19FN4O2/c1-19(2)15-17-14(22-18-15)9-20-8-12(21)7-13(20)10-4-3-5-11(16)6-10/h3-6,12-13,21H,7-9H2,1-2H3/t12-,13+/m0/s1. The lowest BCUT2D eigenvalue weighted by Gasteiger charge is -2.22. The fourth-order valence-corrected chi connectivity index (χ4v) is 2.78. The minimum absolute atomic E-state index is 0.0552. The first-order chi connectivity index (χ1) is 10.5. The summed E-state index contributed by atoms with van der Waals surface area (Å²) >= 11 is 0. The summed E-state index contributed by atoms with van der Waals surface area (Å²) in [5.74, 6) is 0.725. The Hall–Kier alpha value is -1.99. The summed E-state index contributed by atoms with van der Waals surface area (Å²) in [6, 6.07) is 6.43. The van der Waals surface area contributed by atoms with Crippen LogP contribution in [-0.4, -0.2) is 46.9 Å². The van der Waals surface area contributed by atoms with Crippen LogP contribution in [0.4, 0.5) is 10.3 Å². The zero-order chi connectivity index (χ0) is 15.7. The lowest BCUT2D eigenvalue weighted by Crippen LogP contribution is -2.24. The third kappa shape index (κ3) is 3.10. The summed E-state index contributed by atoms with van der Waals surface area (Å²) in [6.45, 7) is 0.930. The molecule has 0 spiro atoms. The molecule has 7 heteroatoms. The molecule has 1 saturated heterocycles. The number of benzene rings is 1. The molecule has 0 saturated carbocycles. The summed E-state index contributed by atoms with van der Waals surface area (Å²) in [5.41, 5.74) is 0.851. The monoisotopic (exact) mass is 306 g/mol. The molecule has 2 aromatic rings. The summed E-state index contributed by atoms with van der Waals surface area (Å²) in [6.07, 6.45) is 0.127. The van der Waals surface area contributed by atoms with Gasteiger partial charge >= 0.3 is 0 Å². The van der Waals surface area contributed by atoms with Gasteiger partial charge in [0.25, 0.3) is 5.95 Å². The van der Waals surface area contributed by atoms with Gasteiger partial charge in [-0.25, -0.2) is 4.39 Å². The lowest BCUT2D eigenvalue weighted by molar-refractivity contribution is 0.164. The predicted octanol–water partition coefficient (Wildman–Crippen LogP) is 1.58. The Morgan fingerprint density at radius 1 is 1.45 bits per heavy atom. The Morgan fingerprint density at radius 3 is 2.95 bits per heavy atom. The van der Waals surface area contributed by atoms with Gasteiger partial charge < -0.3 is 14.5 Å². The van der Waals surface area contributed by atoms with Crippen LogP contribution < -0.4 is 4.90 Å². The van der Waals surface area contributed by atoms with E-state index in [9.17, 15) is 9.50 Å². The van der Waals surface area contributed by atoms with Crippen LogP contribution in [-0.2, 0) is 6.54 Å². The van der Waals surface area contributed by atoms with Crippen molar-refractivity contribution >= 4 is 5.95 Å². The van der Waals surface area contributed by atoms with Gasteiger partial charge in [0.05, 0.1) is 12.6 Å². The smallest absolute Gasteiger partial charge is 0.265 e. The second-order valence-corrected chi connectivity index (χ2v) is 5.77. The molecule has 0 aliphatic carbocycles. The van der Waals surface area contributed by atoms with Gasteiger partial charge in [0.15, 0.2) is 0 Å².